The van der Waals surface area contributed by atoms with Crippen molar-refractivity contribution in [3.05, 3.63) is 162 Å². The van der Waals surface area contributed by atoms with Gasteiger partial charge in [0.1, 0.15) is 17.2 Å². The SMILES string of the molecule is COc1ccc(N(c2ccc(C)cc2)c2ccc(Oc3ccc(N(c4ccc(CO)cc4)c4ccc(CO)cc4)cc3)cc2)cc1. The molecule has 0 aliphatic rings. The molecular weight excluding hydrogens is 572 g/mol. The lowest BCUT2D eigenvalue weighted by Gasteiger charge is -2.26. The summed E-state index contributed by atoms with van der Waals surface area (Å²) in [5.74, 6) is 2.25. The minimum absolute atomic E-state index is 0.00996. The van der Waals surface area contributed by atoms with E-state index in [1.165, 1.54) is 5.56 Å². The van der Waals surface area contributed by atoms with Crippen molar-refractivity contribution in [1.82, 2.24) is 0 Å². The number of aryl methyl sites for hydroxylation is 1. The summed E-state index contributed by atoms with van der Waals surface area (Å²) in [5, 5.41) is 19.1. The van der Waals surface area contributed by atoms with E-state index in [1.807, 2.05) is 97.1 Å². The lowest BCUT2D eigenvalue weighted by atomic mass is 10.1. The van der Waals surface area contributed by atoms with Gasteiger partial charge in [-0.05, 0) is 127 Å². The van der Waals surface area contributed by atoms with Crippen LogP contribution in [0.5, 0.6) is 17.2 Å². The molecule has 0 saturated heterocycles. The molecule has 0 unspecified atom stereocenters. The fraction of sp³-hybridized carbons (Fsp3) is 0.100. The molecule has 2 N–H and O–H groups in total. The summed E-state index contributed by atoms with van der Waals surface area (Å²) in [6.45, 7) is 2.07. The van der Waals surface area contributed by atoms with Crippen molar-refractivity contribution >= 4 is 34.1 Å². The third-order valence-corrected chi connectivity index (χ3v) is 7.80. The normalized spacial score (nSPS) is 10.8. The number of aliphatic hydroxyl groups is 2. The molecule has 0 aliphatic heterocycles. The number of methoxy groups -OCH3 is 1. The molecule has 6 heteroatoms. The average Bonchev–Trinajstić information content (AvgIpc) is 3.11. The second kappa shape index (κ2) is 14.0. The molecule has 6 aromatic carbocycles. The summed E-state index contributed by atoms with van der Waals surface area (Å²) in [6.07, 6.45) is 0. The molecule has 46 heavy (non-hydrogen) atoms. The van der Waals surface area contributed by atoms with Gasteiger partial charge in [-0.2, -0.15) is 0 Å². The smallest absolute Gasteiger partial charge is 0.127 e. The van der Waals surface area contributed by atoms with Gasteiger partial charge >= 0.3 is 0 Å². The maximum Gasteiger partial charge on any atom is 0.127 e. The van der Waals surface area contributed by atoms with Gasteiger partial charge in [-0.15, -0.1) is 0 Å². The number of rotatable bonds is 11. The van der Waals surface area contributed by atoms with Gasteiger partial charge < -0.3 is 29.5 Å². The minimum atomic E-state index is -0.00996. The summed E-state index contributed by atoms with van der Waals surface area (Å²) in [5.41, 5.74) is 8.84. The van der Waals surface area contributed by atoms with Gasteiger partial charge in [0.05, 0.1) is 20.3 Å². The van der Waals surface area contributed by atoms with Crippen LogP contribution in [0.2, 0.25) is 0 Å². The van der Waals surface area contributed by atoms with E-state index in [0.717, 1.165) is 56.8 Å². The Morgan fingerprint density at radius 3 is 1.00 bits per heavy atom. The second-order valence-electron chi connectivity index (χ2n) is 10.9. The Hall–Kier alpha value is -5.56. The second-order valence-corrected chi connectivity index (χ2v) is 10.9. The number of aliphatic hydroxyl groups excluding tert-OH is 2. The zero-order valence-corrected chi connectivity index (χ0v) is 25.9. The quantitative estimate of drug-likeness (QED) is 0.153. The first-order valence-electron chi connectivity index (χ1n) is 15.1. The topological polar surface area (TPSA) is 65.4 Å². The Kier molecular flexibility index (Phi) is 9.29. The standard InChI is InChI=1S/C40H36N2O4/c1-29-3-9-32(10-4-29)41(35-15-21-38(45-2)22-16-35)36-17-23-39(24-18-36)46-40-25-19-37(20-26-40)42(33-11-5-30(27-43)6-12-33)34-13-7-31(28-44)8-14-34/h3-26,43-44H,27-28H2,1-2H3. The molecule has 6 aromatic rings. The number of anilines is 6. The Morgan fingerprint density at radius 2 is 0.696 bits per heavy atom. The highest BCUT2D eigenvalue weighted by molar-refractivity contribution is 5.78. The largest absolute Gasteiger partial charge is 0.497 e. The highest BCUT2D eigenvalue weighted by Gasteiger charge is 2.15. The van der Waals surface area contributed by atoms with E-state index >= 15 is 0 Å². The summed E-state index contributed by atoms with van der Waals surface area (Å²) in [7, 11) is 1.67. The summed E-state index contributed by atoms with van der Waals surface area (Å²) in [4.78, 5) is 4.33. The molecule has 0 aromatic heterocycles. The van der Waals surface area contributed by atoms with Gasteiger partial charge in [-0.3, -0.25) is 0 Å². The van der Waals surface area contributed by atoms with Gasteiger partial charge in [0.2, 0.25) is 0 Å². The van der Waals surface area contributed by atoms with Crippen LogP contribution in [-0.4, -0.2) is 17.3 Å². The Morgan fingerprint density at radius 1 is 0.413 bits per heavy atom. The molecule has 0 spiro atoms. The van der Waals surface area contributed by atoms with Crippen molar-refractivity contribution in [2.45, 2.75) is 20.1 Å². The van der Waals surface area contributed by atoms with Crippen molar-refractivity contribution in [3.8, 4) is 17.2 Å². The molecular formula is C40H36N2O4. The molecule has 0 saturated carbocycles. The van der Waals surface area contributed by atoms with Crippen LogP contribution in [0.3, 0.4) is 0 Å². The first-order chi connectivity index (χ1) is 22.5. The van der Waals surface area contributed by atoms with Gasteiger partial charge in [-0.1, -0.05) is 42.0 Å². The number of nitrogens with zero attached hydrogens (tertiary/aromatic N) is 2. The number of ether oxygens (including phenoxy) is 2. The third kappa shape index (κ3) is 6.89. The highest BCUT2D eigenvalue weighted by Crippen LogP contribution is 2.38. The lowest BCUT2D eigenvalue weighted by Crippen LogP contribution is -2.10. The monoisotopic (exact) mass is 608 g/mol. The molecule has 0 fully saturated rings. The molecule has 0 amide bonds. The molecule has 6 rings (SSSR count). The van der Waals surface area contributed by atoms with Gasteiger partial charge in [0.25, 0.3) is 0 Å². The van der Waals surface area contributed by atoms with Gasteiger partial charge in [0, 0.05) is 34.1 Å². The van der Waals surface area contributed by atoms with E-state index < -0.39 is 0 Å². The van der Waals surface area contributed by atoms with Gasteiger partial charge in [-0.25, -0.2) is 0 Å². The molecule has 6 nitrogen and oxygen atoms in total. The Bertz CT molecular complexity index is 1790. The number of hydrogen-bond acceptors (Lipinski definition) is 6. The van der Waals surface area contributed by atoms with Crippen LogP contribution in [0, 0.1) is 6.92 Å². The van der Waals surface area contributed by atoms with Crippen LogP contribution in [-0.2, 0) is 13.2 Å². The zero-order chi connectivity index (χ0) is 31.9. The summed E-state index contributed by atoms with van der Waals surface area (Å²) >= 11 is 0. The summed E-state index contributed by atoms with van der Waals surface area (Å²) < 4.78 is 11.6. The lowest BCUT2D eigenvalue weighted by molar-refractivity contribution is 0.281. The predicted molar refractivity (Wildman–Crippen MR) is 185 cm³/mol. The van der Waals surface area contributed by atoms with Crippen molar-refractivity contribution < 1.29 is 19.7 Å². The van der Waals surface area contributed by atoms with E-state index in [9.17, 15) is 10.2 Å². The molecule has 0 radical (unpaired) electrons. The highest BCUT2D eigenvalue weighted by atomic mass is 16.5. The van der Waals surface area contributed by atoms with E-state index in [2.05, 4.69) is 65.3 Å². The Balaban J connectivity index is 1.24. The van der Waals surface area contributed by atoms with E-state index in [1.54, 1.807) is 7.11 Å². The van der Waals surface area contributed by atoms with Crippen LogP contribution in [0.15, 0.2) is 146 Å². The van der Waals surface area contributed by atoms with Crippen molar-refractivity contribution in [3.63, 3.8) is 0 Å². The molecule has 230 valence electrons. The zero-order valence-electron chi connectivity index (χ0n) is 25.9. The number of benzene rings is 6. The van der Waals surface area contributed by atoms with Gasteiger partial charge in [0.15, 0.2) is 0 Å². The van der Waals surface area contributed by atoms with Crippen molar-refractivity contribution in [1.29, 1.82) is 0 Å². The average molecular weight is 609 g/mol. The van der Waals surface area contributed by atoms with Crippen LogP contribution < -0.4 is 19.3 Å². The molecule has 0 aliphatic carbocycles. The fourth-order valence-electron chi connectivity index (χ4n) is 5.28. The van der Waals surface area contributed by atoms with E-state index in [0.29, 0.717) is 5.75 Å². The molecule has 0 bridgehead atoms. The molecule has 0 heterocycles. The first-order valence-corrected chi connectivity index (χ1v) is 15.1. The minimum Gasteiger partial charge on any atom is -0.497 e. The van der Waals surface area contributed by atoms with E-state index in [4.69, 9.17) is 9.47 Å². The van der Waals surface area contributed by atoms with Crippen LogP contribution in [0.1, 0.15) is 16.7 Å². The maximum absolute atomic E-state index is 9.53. The Labute approximate surface area is 270 Å². The van der Waals surface area contributed by atoms with E-state index in [-0.39, 0.29) is 13.2 Å². The maximum atomic E-state index is 9.53. The number of hydrogen-bond donors (Lipinski definition) is 2. The first kappa shape index (κ1) is 30.5. The fourth-order valence-corrected chi connectivity index (χ4v) is 5.28. The van der Waals surface area contributed by atoms with Crippen LogP contribution in [0.4, 0.5) is 34.1 Å². The third-order valence-electron chi connectivity index (χ3n) is 7.80. The summed E-state index contributed by atoms with van der Waals surface area (Å²) in [6, 6.07) is 48.1. The van der Waals surface area contributed by atoms with Crippen molar-refractivity contribution in [2.24, 2.45) is 0 Å². The van der Waals surface area contributed by atoms with Crippen LogP contribution >= 0.6 is 0 Å². The predicted octanol–water partition coefficient (Wildman–Crippen LogP) is 9.72. The van der Waals surface area contributed by atoms with Crippen LogP contribution in [0.25, 0.3) is 0 Å². The molecule has 0 atom stereocenters. The van der Waals surface area contributed by atoms with Crippen molar-refractivity contribution in [2.75, 3.05) is 16.9 Å².